The molecule has 0 spiro atoms. The molecule has 1 amide bonds. The molecule has 1 saturated heterocycles. The van der Waals surface area contributed by atoms with Gasteiger partial charge in [-0.2, -0.15) is 0 Å². The number of amides is 1. The number of carbonyl (C=O) groups is 2. The van der Waals surface area contributed by atoms with Gasteiger partial charge in [0.05, 0.1) is 12.7 Å². The summed E-state index contributed by atoms with van der Waals surface area (Å²) in [4.78, 5) is 27.8. The lowest BCUT2D eigenvalue weighted by atomic mass is 9.78. The Morgan fingerprint density at radius 2 is 2.00 bits per heavy atom. The molecule has 0 aliphatic carbocycles. The van der Waals surface area contributed by atoms with Crippen molar-refractivity contribution in [1.29, 1.82) is 0 Å². The molecule has 1 aromatic heterocycles. The maximum absolute atomic E-state index is 13.3. The smallest absolute Gasteiger partial charge is 0.332 e. The lowest BCUT2D eigenvalue weighted by molar-refractivity contribution is -0.161. The number of benzene rings is 2. The number of ether oxygens (including phenoxy) is 1. The third kappa shape index (κ3) is 2.92. The number of carbonyl (C=O) groups excluding carboxylic acids is 2. The van der Waals surface area contributed by atoms with E-state index < -0.39 is 5.54 Å². The van der Waals surface area contributed by atoms with Crippen molar-refractivity contribution in [2.75, 3.05) is 13.7 Å². The number of fused-ring (bicyclic) bond motifs is 1. The Kier molecular flexibility index (Phi) is 4.48. The van der Waals surface area contributed by atoms with Gasteiger partial charge in [0.15, 0.2) is 0 Å². The molecule has 1 atom stereocenters. The van der Waals surface area contributed by atoms with Gasteiger partial charge < -0.3 is 9.64 Å². The number of rotatable bonds is 4. The van der Waals surface area contributed by atoms with Crippen LogP contribution in [0, 0.1) is 6.92 Å². The fourth-order valence-corrected chi connectivity index (χ4v) is 4.83. The Morgan fingerprint density at radius 1 is 1.19 bits per heavy atom. The highest BCUT2D eigenvalue weighted by atomic mass is 32.1. The van der Waals surface area contributed by atoms with Gasteiger partial charge >= 0.3 is 5.97 Å². The van der Waals surface area contributed by atoms with Crippen LogP contribution in [0.25, 0.3) is 10.1 Å². The Morgan fingerprint density at radius 3 is 2.70 bits per heavy atom. The molecule has 3 aromatic rings. The lowest BCUT2D eigenvalue weighted by Gasteiger charge is -2.50. The number of methoxy groups -OCH3 is 1. The molecular formula is C22H21NO3S. The predicted octanol–water partition coefficient (Wildman–Crippen LogP) is 4.21. The maximum Gasteiger partial charge on any atom is 0.332 e. The molecule has 0 saturated carbocycles. The largest absolute Gasteiger partial charge is 0.467 e. The number of aryl methyl sites for hydroxylation is 1. The molecule has 0 radical (unpaired) electrons. The van der Waals surface area contributed by atoms with Crippen LogP contribution in [-0.4, -0.2) is 36.0 Å². The van der Waals surface area contributed by atoms with E-state index in [1.54, 1.807) is 16.2 Å². The van der Waals surface area contributed by atoms with E-state index >= 15 is 0 Å². The molecule has 1 unspecified atom stereocenters. The van der Waals surface area contributed by atoms with Crippen molar-refractivity contribution in [1.82, 2.24) is 4.90 Å². The molecule has 1 aliphatic rings. The van der Waals surface area contributed by atoms with Crippen molar-refractivity contribution in [3.05, 3.63) is 70.6 Å². The second-order valence-electron chi connectivity index (χ2n) is 7.04. The normalized spacial score (nSPS) is 19.0. The van der Waals surface area contributed by atoms with Gasteiger partial charge in [-0.25, -0.2) is 4.79 Å². The minimum absolute atomic E-state index is 0.100. The predicted molar refractivity (Wildman–Crippen MR) is 107 cm³/mol. The highest BCUT2D eigenvalue weighted by Crippen LogP contribution is 2.38. The van der Waals surface area contributed by atoms with Crippen LogP contribution in [0.4, 0.5) is 0 Å². The summed E-state index contributed by atoms with van der Waals surface area (Å²) in [5, 5.41) is 2.83. The van der Waals surface area contributed by atoms with Gasteiger partial charge in [0, 0.05) is 28.4 Å². The second-order valence-corrected chi connectivity index (χ2v) is 7.95. The summed E-state index contributed by atoms with van der Waals surface area (Å²) in [6, 6.07) is 15.9. The van der Waals surface area contributed by atoms with Crippen LogP contribution in [0.3, 0.4) is 0 Å². The topological polar surface area (TPSA) is 46.6 Å². The minimum Gasteiger partial charge on any atom is -0.467 e. The zero-order valence-corrected chi connectivity index (χ0v) is 16.2. The lowest BCUT2D eigenvalue weighted by Crippen LogP contribution is -2.68. The van der Waals surface area contributed by atoms with E-state index in [1.807, 2.05) is 54.8 Å². The Bertz CT molecular complexity index is 1030. The third-order valence-electron chi connectivity index (χ3n) is 5.37. The summed E-state index contributed by atoms with van der Waals surface area (Å²) in [6.45, 7) is 2.58. The summed E-state index contributed by atoms with van der Waals surface area (Å²) in [7, 11) is 1.39. The first-order valence-corrected chi connectivity index (χ1v) is 9.85. The quantitative estimate of drug-likeness (QED) is 0.638. The molecule has 5 heteroatoms. The van der Waals surface area contributed by atoms with Crippen LogP contribution in [0.1, 0.15) is 27.9 Å². The van der Waals surface area contributed by atoms with Crippen molar-refractivity contribution in [3.63, 3.8) is 0 Å². The molecule has 0 N–H and O–H groups in total. The molecule has 0 bridgehead atoms. The van der Waals surface area contributed by atoms with Crippen LogP contribution in [0.5, 0.6) is 0 Å². The SMILES string of the molecule is COC(=O)C1(Cc2cccc(C)c2)CCN1C(=O)c1csc2ccccc12. The number of likely N-dealkylation sites (tertiary alicyclic amines) is 1. The van der Waals surface area contributed by atoms with E-state index in [2.05, 4.69) is 6.07 Å². The molecule has 27 heavy (non-hydrogen) atoms. The van der Waals surface area contributed by atoms with Gasteiger partial charge in [-0.1, -0.05) is 48.0 Å². The standard InChI is InChI=1S/C22H21NO3S/c1-15-6-5-7-16(12-15)13-22(21(25)26-2)10-11-23(22)20(24)18-14-27-19-9-4-3-8-17(18)19/h3-9,12,14H,10-11,13H2,1-2H3. The van der Waals surface area contributed by atoms with Crippen LogP contribution >= 0.6 is 11.3 Å². The fourth-order valence-electron chi connectivity index (χ4n) is 3.90. The molecule has 2 heterocycles. The number of hydrogen-bond acceptors (Lipinski definition) is 4. The summed E-state index contributed by atoms with van der Waals surface area (Å²) < 4.78 is 6.19. The van der Waals surface area contributed by atoms with E-state index in [0.29, 0.717) is 24.9 Å². The molecule has 2 aromatic carbocycles. The van der Waals surface area contributed by atoms with E-state index in [1.165, 1.54) is 7.11 Å². The Hall–Kier alpha value is -2.66. The van der Waals surface area contributed by atoms with Gasteiger partial charge in [0.2, 0.25) is 0 Å². The van der Waals surface area contributed by atoms with Gasteiger partial charge in [-0.15, -0.1) is 11.3 Å². The van der Waals surface area contributed by atoms with Crippen molar-refractivity contribution in [3.8, 4) is 0 Å². The van der Waals surface area contributed by atoms with Gasteiger partial charge in [0.1, 0.15) is 5.54 Å². The van der Waals surface area contributed by atoms with E-state index in [-0.39, 0.29) is 11.9 Å². The molecule has 1 aliphatic heterocycles. The van der Waals surface area contributed by atoms with Crippen molar-refractivity contribution < 1.29 is 14.3 Å². The van der Waals surface area contributed by atoms with Crippen LogP contribution in [0.15, 0.2) is 53.9 Å². The Balaban J connectivity index is 1.70. The maximum atomic E-state index is 13.3. The number of esters is 1. The summed E-state index contributed by atoms with van der Waals surface area (Å²) >= 11 is 1.55. The number of thiophene rings is 1. The number of hydrogen-bond donors (Lipinski definition) is 0. The number of nitrogens with zero attached hydrogens (tertiary/aromatic N) is 1. The minimum atomic E-state index is -0.928. The first kappa shape index (κ1) is 17.7. The van der Waals surface area contributed by atoms with Gasteiger partial charge in [-0.3, -0.25) is 4.79 Å². The van der Waals surface area contributed by atoms with Gasteiger partial charge in [-0.05, 0) is 25.0 Å². The van der Waals surface area contributed by atoms with Crippen LogP contribution in [0.2, 0.25) is 0 Å². The van der Waals surface area contributed by atoms with E-state index in [0.717, 1.165) is 21.2 Å². The summed E-state index contributed by atoms with van der Waals surface area (Å²) in [5.41, 5.74) is 1.90. The van der Waals surface area contributed by atoms with Crippen LogP contribution in [-0.2, 0) is 16.0 Å². The average Bonchev–Trinajstić information content (AvgIpc) is 3.09. The zero-order chi connectivity index (χ0) is 19.0. The average molecular weight is 379 g/mol. The molecular weight excluding hydrogens is 358 g/mol. The first-order chi connectivity index (χ1) is 13.0. The fraction of sp³-hybridized carbons (Fsp3) is 0.273. The summed E-state index contributed by atoms with van der Waals surface area (Å²) in [6.07, 6.45) is 1.08. The third-order valence-corrected chi connectivity index (χ3v) is 6.33. The highest BCUT2D eigenvalue weighted by molar-refractivity contribution is 7.17. The zero-order valence-electron chi connectivity index (χ0n) is 15.4. The monoisotopic (exact) mass is 379 g/mol. The highest BCUT2D eigenvalue weighted by Gasteiger charge is 2.54. The first-order valence-electron chi connectivity index (χ1n) is 8.97. The van der Waals surface area contributed by atoms with Gasteiger partial charge in [0.25, 0.3) is 5.91 Å². The van der Waals surface area contributed by atoms with Crippen molar-refractivity contribution >= 4 is 33.3 Å². The van der Waals surface area contributed by atoms with Crippen LogP contribution < -0.4 is 0 Å². The molecule has 4 nitrogen and oxygen atoms in total. The van der Waals surface area contributed by atoms with E-state index in [4.69, 9.17) is 4.74 Å². The van der Waals surface area contributed by atoms with Crippen molar-refractivity contribution in [2.24, 2.45) is 0 Å². The molecule has 1 fully saturated rings. The van der Waals surface area contributed by atoms with Crippen molar-refractivity contribution in [2.45, 2.75) is 25.3 Å². The Labute approximate surface area is 162 Å². The summed E-state index contributed by atoms with van der Waals surface area (Å²) in [5.74, 6) is -0.445. The van der Waals surface area contributed by atoms with E-state index in [9.17, 15) is 9.59 Å². The molecule has 138 valence electrons. The molecule has 4 rings (SSSR count). The second kappa shape index (κ2) is 6.82.